The van der Waals surface area contributed by atoms with Crippen molar-refractivity contribution in [3.05, 3.63) is 62.6 Å². The van der Waals surface area contributed by atoms with E-state index >= 15 is 0 Å². The van der Waals surface area contributed by atoms with Crippen molar-refractivity contribution in [3.63, 3.8) is 0 Å². The van der Waals surface area contributed by atoms with Gasteiger partial charge in [0.05, 0.1) is 5.02 Å². The highest BCUT2D eigenvalue weighted by atomic mass is 79.9. The minimum atomic E-state index is 0.491. The largest absolute Gasteiger partial charge is 0.487 e. The highest BCUT2D eigenvalue weighted by Gasteiger charge is 2.05. The second-order valence-corrected chi connectivity index (χ2v) is 6.19. The maximum absolute atomic E-state index is 6.17. The van der Waals surface area contributed by atoms with E-state index in [0.29, 0.717) is 17.4 Å². The standard InChI is InChI=1S/C17H19BrClNO/c1-3-20-10-13-5-6-14(15(18)9-13)11-21-17-7-4-12(2)8-16(17)19/h4-9,20H,3,10-11H2,1-2H3. The van der Waals surface area contributed by atoms with Crippen molar-refractivity contribution in [1.29, 1.82) is 0 Å². The van der Waals surface area contributed by atoms with Gasteiger partial charge in [-0.05, 0) is 42.8 Å². The van der Waals surface area contributed by atoms with E-state index in [2.05, 4.69) is 46.4 Å². The van der Waals surface area contributed by atoms with Crippen LogP contribution in [0.25, 0.3) is 0 Å². The molecule has 0 unspecified atom stereocenters. The van der Waals surface area contributed by atoms with Crippen LogP contribution in [0, 0.1) is 6.92 Å². The molecular weight excluding hydrogens is 350 g/mol. The predicted octanol–water partition coefficient (Wildman–Crippen LogP) is 5.10. The number of rotatable bonds is 6. The number of aryl methyl sites for hydroxylation is 1. The third-order valence-electron chi connectivity index (χ3n) is 3.17. The van der Waals surface area contributed by atoms with E-state index in [0.717, 1.165) is 28.7 Å². The first kappa shape index (κ1) is 16.3. The van der Waals surface area contributed by atoms with Gasteiger partial charge in [-0.2, -0.15) is 0 Å². The topological polar surface area (TPSA) is 21.3 Å². The maximum atomic E-state index is 6.17. The van der Waals surface area contributed by atoms with Gasteiger partial charge in [0.2, 0.25) is 0 Å². The van der Waals surface area contributed by atoms with E-state index < -0.39 is 0 Å². The Bertz CT molecular complexity index is 616. The van der Waals surface area contributed by atoms with Crippen LogP contribution >= 0.6 is 27.5 Å². The van der Waals surface area contributed by atoms with Gasteiger partial charge in [0, 0.05) is 16.6 Å². The van der Waals surface area contributed by atoms with E-state index in [9.17, 15) is 0 Å². The molecular formula is C17H19BrClNO. The molecule has 2 nitrogen and oxygen atoms in total. The Kier molecular flexibility index (Phi) is 6.09. The molecule has 0 aliphatic carbocycles. The van der Waals surface area contributed by atoms with Crippen LogP contribution in [0.4, 0.5) is 0 Å². The Morgan fingerprint density at radius 2 is 2.00 bits per heavy atom. The zero-order chi connectivity index (χ0) is 15.2. The Morgan fingerprint density at radius 3 is 2.67 bits per heavy atom. The molecule has 112 valence electrons. The molecule has 0 spiro atoms. The number of hydrogen-bond donors (Lipinski definition) is 1. The van der Waals surface area contributed by atoms with Gasteiger partial charge >= 0.3 is 0 Å². The smallest absolute Gasteiger partial charge is 0.138 e. The molecule has 0 aromatic heterocycles. The first-order chi connectivity index (χ1) is 10.1. The summed E-state index contributed by atoms with van der Waals surface area (Å²) >= 11 is 9.77. The average Bonchev–Trinajstić information content (AvgIpc) is 2.45. The van der Waals surface area contributed by atoms with Crippen LogP contribution in [-0.4, -0.2) is 6.54 Å². The van der Waals surface area contributed by atoms with E-state index in [-0.39, 0.29) is 0 Å². The van der Waals surface area contributed by atoms with Crippen LogP contribution in [-0.2, 0) is 13.2 Å². The lowest BCUT2D eigenvalue weighted by atomic mass is 10.1. The van der Waals surface area contributed by atoms with Crippen LogP contribution in [0.1, 0.15) is 23.6 Å². The molecule has 2 aromatic rings. The molecule has 0 radical (unpaired) electrons. The summed E-state index contributed by atoms with van der Waals surface area (Å²) in [4.78, 5) is 0. The summed E-state index contributed by atoms with van der Waals surface area (Å²) in [5.41, 5.74) is 3.48. The molecule has 0 saturated carbocycles. The summed E-state index contributed by atoms with van der Waals surface area (Å²) in [6.45, 7) is 6.44. The zero-order valence-corrected chi connectivity index (χ0v) is 14.6. The number of ether oxygens (including phenoxy) is 1. The lowest BCUT2D eigenvalue weighted by Gasteiger charge is -2.11. The fourth-order valence-electron chi connectivity index (χ4n) is 1.97. The Balaban J connectivity index is 2.02. The van der Waals surface area contributed by atoms with Crippen LogP contribution in [0.5, 0.6) is 5.75 Å². The first-order valence-electron chi connectivity index (χ1n) is 6.97. The molecule has 0 aliphatic heterocycles. The molecule has 0 bridgehead atoms. The predicted molar refractivity (Wildman–Crippen MR) is 92.0 cm³/mol. The normalized spacial score (nSPS) is 10.7. The highest BCUT2D eigenvalue weighted by Crippen LogP contribution is 2.27. The van der Waals surface area contributed by atoms with Crippen LogP contribution < -0.4 is 10.1 Å². The molecule has 0 atom stereocenters. The third kappa shape index (κ3) is 4.73. The second-order valence-electron chi connectivity index (χ2n) is 4.93. The minimum absolute atomic E-state index is 0.491. The van der Waals surface area contributed by atoms with Gasteiger partial charge in [0.1, 0.15) is 12.4 Å². The summed E-state index contributed by atoms with van der Waals surface area (Å²) in [5, 5.41) is 3.96. The van der Waals surface area contributed by atoms with E-state index in [1.807, 2.05) is 25.1 Å². The van der Waals surface area contributed by atoms with Crippen molar-refractivity contribution < 1.29 is 4.74 Å². The molecule has 0 fully saturated rings. The fourth-order valence-corrected chi connectivity index (χ4v) is 2.80. The van der Waals surface area contributed by atoms with Crippen LogP contribution in [0.2, 0.25) is 5.02 Å². The zero-order valence-electron chi connectivity index (χ0n) is 12.2. The summed E-state index contributed by atoms with van der Waals surface area (Å²) in [5.74, 6) is 0.714. The van der Waals surface area contributed by atoms with Gasteiger partial charge in [-0.3, -0.25) is 0 Å². The summed E-state index contributed by atoms with van der Waals surface area (Å²) in [6, 6.07) is 12.1. The lowest BCUT2D eigenvalue weighted by molar-refractivity contribution is 0.305. The number of halogens is 2. The van der Waals surface area contributed by atoms with Gasteiger partial charge in [0.15, 0.2) is 0 Å². The summed E-state index contributed by atoms with van der Waals surface area (Å²) < 4.78 is 6.86. The van der Waals surface area contributed by atoms with Crippen molar-refractivity contribution in [2.75, 3.05) is 6.54 Å². The maximum Gasteiger partial charge on any atom is 0.138 e. The van der Waals surface area contributed by atoms with Crippen molar-refractivity contribution in [3.8, 4) is 5.75 Å². The number of benzene rings is 2. The van der Waals surface area contributed by atoms with E-state index in [1.54, 1.807) is 0 Å². The summed E-state index contributed by atoms with van der Waals surface area (Å²) in [6.07, 6.45) is 0. The first-order valence-corrected chi connectivity index (χ1v) is 8.14. The molecule has 1 N–H and O–H groups in total. The van der Waals surface area contributed by atoms with E-state index in [1.165, 1.54) is 5.56 Å². The Hall–Kier alpha value is -1.03. The van der Waals surface area contributed by atoms with Crippen molar-refractivity contribution in [2.24, 2.45) is 0 Å². The quantitative estimate of drug-likeness (QED) is 0.766. The monoisotopic (exact) mass is 367 g/mol. The number of hydrogen-bond acceptors (Lipinski definition) is 2. The molecule has 21 heavy (non-hydrogen) atoms. The lowest BCUT2D eigenvalue weighted by Crippen LogP contribution is -2.11. The van der Waals surface area contributed by atoms with Crippen molar-refractivity contribution in [1.82, 2.24) is 5.32 Å². The summed E-state index contributed by atoms with van der Waals surface area (Å²) in [7, 11) is 0. The van der Waals surface area contributed by atoms with E-state index in [4.69, 9.17) is 16.3 Å². The molecule has 0 aliphatic rings. The molecule has 0 heterocycles. The average molecular weight is 369 g/mol. The van der Waals surface area contributed by atoms with Crippen LogP contribution in [0.3, 0.4) is 0 Å². The van der Waals surface area contributed by atoms with Crippen LogP contribution in [0.15, 0.2) is 40.9 Å². The van der Waals surface area contributed by atoms with Gasteiger partial charge in [-0.1, -0.05) is 52.7 Å². The molecule has 0 amide bonds. The van der Waals surface area contributed by atoms with Gasteiger partial charge in [-0.15, -0.1) is 0 Å². The van der Waals surface area contributed by atoms with Gasteiger partial charge in [0.25, 0.3) is 0 Å². The SMILES string of the molecule is CCNCc1ccc(COc2ccc(C)cc2Cl)c(Br)c1. The van der Waals surface area contributed by atoms with Crippen molar-refractivity contribution >= 4 is 27.5 Å². The van der Waals surface area contributed by atoms with Crippen molar-refractivity contribution in [2.45, 2.75) is 27.0 Å². The molecule has 2 aromatic carbocycles. The van der Waals surface area contributed by atoms with Gasteiger partial charge in [-0.25, -0.2) is 0 Å². The minimum Gasteiger partial charge on any atom is -0.487 e. The highest BCUT2D eigenvalue weighted by molar-refractivity contribution is 9.10. The van der Waals surface area contributed by atoms with Gasteiger partial charge < -0.3 is 10.1 Å². The third-order valence-corrected chi connectivity index (χ3v) is 4.20. The Labute approximate surface area is 139 Å². The second kappa shape index (κ2) is 7.83. The molecule has 2 rings (SSSR count). The number of nitrogens with one attached hydrogen (secondary N) is 1. The molecule has 0 saturated heterocycles. The molecule has 4 heteroatoms. The Morgan fingerprint density at radius 1 is 1.19 bits per heavy atom. The fraction of sp³-hybridized carbons (Fsp3) is 0.294.